The molecule has 0 aromatic heterocycles. The van der Waals surface area contributed by atoms with Crippen LogP contribution in [0.3, 0.4) is 0 Å². The van der Waals surface area contributed by atoms with E-state index in [1.54, 1.807) is 36.4 Å². The number of nitrogens with two attached hydrogens (primary N) is 2. The average Bonchev–Trinajstić information content (AvgIpc) is 2.38. The molecule has 1 radical (unpaired) electrons. The van der Waals surface area contributed by atoms with E-state index < -0.39 is 0 Å². The molecule has 99 valence electrons. The van der Waals surface area contributed by atoms with Crippen molar-refractivity contribution in [1.29, 1.82) is 0 Å². The van der Waals surface area contributed by atoms with Crippen molar-refractivity contribution in [3.05, 3.63) is 58.7 Å². The zero-order valence-corrected chi connectivity index (χ0v) is 11.2. The number of rotatable bonds is 0. The van der Waals surface area contributed by atoms with E-state index in [1.165, 1.54) is 0 Å². The molecule has 0 unspecified atom stereocenters. The molecule has 1 aliphatic carbocycles. The third-order valence-corrected chi connectivity index (χ3v) is 3.14. The van der Waals surface area contributed by atoms with Gasteiger partial charge in [-0.1, -0.05) is 24.3 Å². The van der Waals surface area contributed by atoms with Crippen molar-refractivity contribution in [2.45, 2.75) is 0 Å². The van der Waals surface area contributed by atoms with Gasteiger partial charge in [0, 0.05) is 44.9 Å². The van der Waals surface area contributed by atoms with Crippen LogP contribution in [-0.2, 0) is 22.4 Å². The molecule has 1 aliphatic rings. The van der Waals surface area contributed by atoms with Crippen LogP contribution in [0.15, 0.2) is 36.4 Å². The van der Waals surface area contributed by atoms with Crippen LogP contribution in [-0.4, -0.2) is 11.6 Å². The van der Waals surface area contributed by atoms with E-state index in [9.17, 15) is 9.59 Å². The van der Waals surface area contributed by atoms with Crippen molar-refractivity contribution < 1.29 is 32.0 Å². The number of fused-ring (bicyclic) bond motifs is 2. The number of carbonyl (C=O) groups excluding carboxylic acids is 2. The Bertz CT molecular complexity index is 651. The molecular weight excluding hydrogens is 336 g/mol. The molecule has 0 saturated carbocycles. The van der Waals surface area contributed by atoms with Crippen LogP contribution >= 0.6 is 0 Å². The summed E-state index contributed by atoms with van der Waals surface area (Å²) in [4.78, 5) is 24.7. The number of carbonyl (C=O) groups is 2. The van der Waals surface area contributed by atoms with Crippen molar-refractivity contribution in [2.24, 2.45) is 0 Å². The van der Waals surface area contributed by atoms with E-state index in [0.717, 1.165) is 0 Å². The van der Waals surface area contributed by atoms with Crippen LogP contribution < -0.4 is 11.5 Å². The quantitative estimate of drug-likeness (QED) is 0.479. The number of anilines is 2. The molecule has 0 bridgehead atoms. The van der Waals surface area contributed by atoms with E-state index in [2.05, 4.69) is 0 Å². The van der Waals surface area contributed by atoms with Crippen LogP contribution in [0.25, 0.3) is 0 Å². The Hall–Kier alpha value is -1.88. The Morgan fingerprint density at radius 3 is 1.42 bits per heavy atom. The standard InChI is InChI=1S/C14H10N2O2.Ag/c15-9-5-6-10(16)12-11(9)13(17)7-3-1-2-4-8(7)14(12)18;/h1-6H,15-16H2;. The summed E-state index contributed by atoms with van der Waals surface area (Å²) in [5.74, 6) is -0.491. The fraction of sp³-hybridized carbons (Fsp3) is 0. The van der Waals surface area contributed by atoms with Gasteiger partial charge >= 0.3 is 0 Å². The second-order valence-electron chi connectivity index (χ2n) is 4.20. The Balaban J connectivity index is 0.00000133. The predicted molar refractivity (Wildman–Crippen MR) is 68.6 cm³/mol. The van der Waals surface area contributed by atoms with Gasteiger partial charge in [-0.15, -0.1) is 0 Å². The molecule has 0 atom stereocenters. The maximum absolute atomic E-state index is 12.3. The van der Waals surface area contributed by atoms with E-state index in [1.807, 2.05) is 0 Å². The van der Waals surface area contributed by atoms with Gasteiger partial charge in [0.15, 0.2) is 11.6 Å². The number of ketones is 2. The summed E-state index contributed by atoms with van der Waals surface area (Å²) < 4.78 is 0. The first-order valence-electron chi connectivity index (χ1n) is 5.47. The molecule has 5 heteroatoms. The second-order valence-corrected chi connectivity index (χ2v) is 4.20. The van der Waals surface area contributed by atoms with Gasteiger partial charge in [-0.25, -0.2) is 0 Å². The van der Waals surface area contributed by atoms with Crippen LogP contribution in [0.5, 0.6) is 0 Å². The minimum atomic E-state index is -0.245. The molecule has 0 saturated heterocycles. The van der Waals surface area contributed by atoms with Gasteiger partial charge < -0.3 is 11.5 Å². The molecule has 0 amide bonds. The van der Waals surface area contributed by atoms with Crippen molar-refractivity contribution in [2.75, 3.05) is 11.5 Å². The third-order valence-electron chi connectivity index (χ3n) is 3.14. The van der Waals surface area contributed by atoms with Gasteiger partial charge in [-0.2, -0.15) is 0 Å². The molecule has 19 heavy (non-hydrogen) atoms. The molecule has 4 N–H and O–H groups in total. The normalized spacial score (nSPS) is 12.4. The Labute approximate surface area is 125 Å². The fourth-order valence-electron chi connectivity index (χ4n) is 2.27. The number of hydrogen-bond acceptors (Lipinski definition) is 4. The molecule has 2 aromatic carbocycles. The van der Waals surface area contributed by atoms with E-state index in [4.69, 9.17) is 11.5 Å². The molecule has 0 heterocycles. The average molecular weight is 346 g/mol. The number of benzene rings is 2. The van der Waals surface area contributed by atoms with Gasteiger partial charge in [0.25, 0.3) is 0 Å². The largest absolute Gasteiger partial charge is 0.398 e. The first kappa shape index (κ1) is 13.5. The van der Waals surface area contributed by atoms with Gasteiger partial charge in [0.1, 0.15) is 0 Å². The monoisotopic (exact) mass is 345 g/mol. The summed E-state index contributed by atoms with van der Waals surface area (Å²) in [7, 11) is 0. The van der Waals surface area contributed by atoms with Crippen molar-refractivity contribution in [1.82, 2.24) is 0 Å². The summed E-state index contributed by atoms with van der Waals surface area (Å²) in [5.41, 5.74) is 13.4. The zero-order valence-electron chi connectivity index (χ0n) is 9.74. The van der Waals surface area contributed by atoms with Crippen LogP contribution in [0.4, 0.5) is 11.4 Å². The zero-order chi connectivity index (χ0) is 12.9. The maximum Gasteiger partial charge on any atom is 0.196 e. The fourth-order valence-corrected chi connectivity index (χ4v) is 2.27. The second kappa shape index (κ2) is 4.66. The van der Waals surface area contributed by atoms with Crippen molar-refractivity contribution >= 4 is 22.9 Å². The minimum Gasteiger partial charge on any atom is -0.398 e. The summed E-state index contributed by atoms with van der Waals surface area (Å²) in [5, 5.41) is 0. The molecule has 0 aliphatic heterocycles. The molecule has 4 nitrogen and oxygen atoms in total. The summed E-state index contributed by atoms with van der Waals surface area (Å²) >= 11 is 0. The van der Waals surface area contributed by atoms with E-state index in [0.29, 0.717) is 11.1 Å². The molecule has 0 spiro atoms. The number of hydrogen-bond donors (Lipinski definition) is 2. The van der Waals surface area contributed by atoms with E-state index >= 15 is 0 Å². The molecule has 3 rings (SSSR count). The molecular formula is C14H10AgN2O2. The summed E-state index contributed by atoms with van der Waals surface area (Å²) in [6, 6.07) is 9.79. The van der Waals surface area contributed by atoms with Gasteiger partial charge in [-0.3, -0.25) is 9.59 Å². The van der Waals surface area contributed by atoms with Crippen LogP contribution in [0, 0.1) is 0 Å². The molecule has 0 fully saturated rings. The smallest absolute Gasteiger partial charge is 0.196 e. The van der Waals surface area contributed by atoms with Gasteiger partial charge in [-0.05, 0) is 12.1 Å². The Morgan fingerprint density at radius 1 is 0.684 bits per heavy atom. The van der Waals surface area contributed by atoms with Crippen molar-refractivity contribution in [3.63, 3.8) is 0 Å². The number of nitrogen functional groups attached to an aromatic ring is 2. The Morgan fingerprint density at radius 2 is 1.05 bits per heavy atom. The maximum atomic E-state index is 12.3. The van der Waals surface area contributed by atoms with Gasteiger partial charge in [0.05, 0.1) is 11.1 Å². The van der Waals surface area contributed by atoms with Crippen LogP contribution in [0.1, 0.15) is 31.8 Å². The molecule has 2 aromatic rings. The topological polar surface area (TPSA) is 86.2 Å². The Kier molecular flexibility index (Phi) is 3.32. The van der Waals surface area contributed by atoms with Crippen molar-refractivity contribution in [3.8, 4) is 0 Å². The summed E-state index contributed by atoms with van der Waals surface area (Å²) in [6.45, 7) is 0. The van der Waals surface area contributed by atoms with E-state index in [-0.39, 0.29) is 56.4 Å². The minimum absolute atomic E-state index is 0. The predicted octanol–water partition coefficient (Wildman–Crippen LogP) is 1.62. The van der Waals surface area contributed by atoms with Crippen LogP contribution in [0.2, 0.25) is 0 Å². The first-order chi connectivity index (χ1) is 8.61. The first-order valence-corrected chi connectivity index (χ1v) is 5.47. The van der Waals surface area contributed by atoms with Gasteiger partial charge in [0.2, 0.25) is 0 Å². The third kappa shape index (κ3) is 1.81. The summed E-state index contributed by atoms with van der Waals surface area (Å²) in [6.07, 6.45) is 0. The SMILES string of the molecule is Nc1ccc(N)c2c1C(=O)c1ccccc1C2=O.[Ag].